The first-order valence-electron chi connectivity index (χ1n) is 7.52. The van der Waals surface area contributed by atoms with Crippen molar-refractivity contribution in [3.63, 3.8) is 0 Å². The van der Waals surface area contributed by atoms with E-state index in [1.807, 2.05) is 0 Å². The van der Waals surface area contributed by atoms with Gasteiger partial charge in [-0.3, -0.25) is 14.9 Å². The van der Waals surface area contributed by atoms with Crippen LogP contribution in [0.3, 0.4) is 0 Å². The molecular formula is C16H17N3O6. The molecule has 0 spiro atoms. The van der Waals surface area contributed by atoms with E-state index < -0.39 is 34.6 Å². The lowest BCUT2D eigenvalue weighted by molar-refractivity contribution is -0.385. The summed E-state index contributed by atoms with van der Waals surface area (Å²) in [7, 11) is 1.16. The maximum absolute atomic E-state index is 12.0. The van der Waals surface area contributed by atoms with Gasteiger partial charge in [-0.1, -0.05) is 0 Å². The first-order valence-corrected chi connectivity index (χ1v) is 7.52. The van der Waals surface area contributed by atoms with Gasteiger partial charge in [-0.15, -0.1) is 0 Å². The number of nitro groups is 1. The molecule has 25 heavy (non-hydrogen) atoms. The van der Waals surface area contributed by atoms with Crippen molar-refractivity contribution < 1.29 is 24.0 Å². The molecule has 0 heterocycles. The Balaban J connectivity index is 2.07. The summed E-state index contributed by atoms with van der Waals surface area (Å²) in [5, 5.41) is 22.9. The monoisotopic (exact) mass is 347 g/mol. The molecule has 1 aliphatic carbocycles. The van der Waals surface area contributed by atoms with E-state index in [0.717, 1.165) is 26.0 Å². The number of esters is 1. The molecule has 0 bridgehead atoms. The van der Waals surface area contributed by atoms with Gasteiger partial charge in [0.05, 0.1) is 23.7 Å². The molecular weight excluding hydrogens is 330 g/mol. The van der Waals surface area contributed by atoms with Crippen molar-refractivity contribution in [1.82, 2.24) is 5.32 Å². The summed E-state index contributed by atoms with van der Waals surface area (Å²) in [4.78, 5) is 33.9. The Morgan fingerprint density at radius 3 is 2.68 bits per heavy atom. The topological polar surface area (TPSA) is 132 Å². The van der Waals surface area contributed by atoms with Crippen molar-refractivity contribution in [3.8, 4) is 11.8 Å². The number of nitrogens with one attached hydrogen (secondary N) is 1. The molecule has 9 nitrogen and oxygen atoms in total. The molecule has 1 amide bonds. The van der Waals surface area contributed by atoms with Gasteiger partial charge in [0.2, 0.25) is 0 Å². The summed E-state index contributed by atoms with van der Waals surface area (Å²) >= 11 is 0. The summed E-state index contributed by atoms with van der Waals surface area (Å²) in [5.41, 5.74) is -1.43. The minimum Gasteiger partial charge on any atom is -0.477 e. The molecule has 1 N–H and O–H groups in total. The SMILES string of the molecule is COC(=O)c1ccc(OCC(=O)N[C@@](C)(C#N)C2CC2)c([N+](=O)[O-])c1. The lowest BCUT2D eigenvalue weighted by Crippen LogP contribution is -2.48. The third-order valence-corrected chi connectivity index (χ3v) is 3.96. The maximum Gasteiger partial charge on any atom is 0.338 e. The molecule has 1 atom stereocenters. The molecule has 1 aromatic carbocycles. The Kier molecular flexibility index (Phi) is 5.22. The lowest BCUT2D eigenvalue weighted by atomic mass is 9.98. The van der Waals surface area contributed by atoms with E-state index in [9.17, 15) is 25.0 Å². The second-order valence-electron chi connectivity index (χ2n) is 5.86. The molecule has 0 unspecified atom stereocenters. The summed E-state index contributed by atoms with van der Waals surface area (Å²) in [5.74, 6) is -1.32. The molecule has 1 aliphatic rings. The smallest absolute Gasteiger partial charge is 0.338 e. The van der Waals surface area contributed by atoms with Crippen molar-refractivity contribution in [1.29, 1.82) is 5.26 Å². The minimum absolute atomic E-state index is 0.00297. The van der Waals surface area contributed by atoms with Crippen molar-refractivity contribution >= 4 is 17.6 Å². The second-order valence-corrected chi connectivity index (χ2v) is 5.86. The normalized spacial score (nSPS) is 15.4. The van der Waals surface area contributed by atoms with E-state index in [1.54, 1.807) is 6.92 Å². The molecule has 132 valence electrons. The van der Waals surface area contributed by atoms with E-state index in [1.165, 1.54) is 12.1 Å². The van der Waals surface area contributed by atoms with Gasteiger partial charge in [0, 0.05) is 6.07 Å². The zero-order chi connectivity index (χ0) is 18.6. The number of hydrogen-bond donors (Lipinski definition) is 1. The maximum atomic E-state index is 12.0. The number of hydrogen-bond acceptors (Lipinski definition) is 7. The highest BCUT2D eigenvalue weighted by Crippen LogP contribution is 2.39. The summed E-state index contributed by atoms with van der Waals surface area (Å²) in [6.07, 6.45) is 1.73. The Hall–Kier alpha value is -3.15. The van der Waals surface area contributed by atoms with Gasteiger partial charge >= 0.3 is 11.7 Å². The van der Waals surface area contributed by atoms with Crippen LogP contribution in [0.2, 0.25) is 0 Å². The number of amides is 1. The number of nitro benzene ring substituents is 1. The molecule has 0 saturated heterocycles. The first kappa shape index (κ1) is 18.2. The number of rotatable bonds is 7. The van der Waals surface area contributed by atoms with E-state index in [2.05, 4.69) is 16.1 Å². The van der Waals surface area contributed by atoms with Crippen LogP contribution in [-0.2, 0) is 9.53 Å². The van der Waals surface area contributed by atoms with E-state index in [0.29, 0.717) is 0 Å². The summed E-state index contributed by atoms with van der Waals surface area (Å²) in [6, 6.07) is 5.62. The van der Waals surface area contributed by atoms with Gasteiger partial charge < -0.3 is 14.8 Å². The quantitative estimate of drug-likeness (QED) is 0.450. The lowest BCUT2D eigenvalue weighted by Gasteiger charge is -2.22. The fraction of sp³-hybridized carbons (Fsp3) is 0.438. The number of carbonyl (C=O) groups is 2. The van der Waals surface area contributed by atoms with Crippen molar-refractivity contribution in [2.45, 2.75) is 25.3 Å². The third-order valence-electron chi connectivity index (χ3n) is 3.96. The van der Waals surface area contributed by atoms with Gasteiger partial charge in [0.25, 0.3) is 5.91 Å². The Morgan fingerprint density at radius 1 is 1.48 bits per heavy atom. The average Bonchev–Trinajstić information content (AvgIpc) is 3.44. The minimum atomic E-state index is -0.971. The molecule has 0 radical (unpaired) electrons. The summed E-state index contributed by atoms with van der Waals surface area (Å²) < 4.78 is 9.71. The van der Waals surface area contributed by atoms with Crippen LogP contribution in [0.5, 0.6) is 5.75 Å². The van der Waals surface area contributed by atoms with Crippen molar-refractivity contribution in [2.24, 2.45) is 5.92 Å². The Labute approximate surface area is 143 Å². The highest BCUT2D eigenvalue weighted by molar-refractivity contribution is 5.90. The number of ether oxygens (including phenoxy) is 2. The van der Waals surface area contributed by atoms with Gasteiger partial charge in [0.1, 0.15) is 5.54 Å². The largest absolute Gasteiger partial charge is 0.477 e. The zero-order valence-corrected chi connectivity index (χ0v) is 13.8. The molecule has 0 aliphatic heterocycles. The van der Waals surface area contributed by atoms with Crippen LogP contribution >= 0.6 is 0 Å². The molecule has 1 aromatic rings. The number of carbonyl (C=O) groups excluding carboxylic acids is 2. The van der Waals surface area contributed by atoms with Crippen molar-refractivity contribution in [2.75, 3.05) is 13.7 Å². The van der Waals surface area contributed by atoms with Gasteiger partial charge in [-0.2, -0.15) is 5.26 Å². The molecule has 2 rings (SSSR count). The summed E-state index contributed by atoms with van der Waals surface area (Å²) in [6.45, 7) is 1.15. The highest BCUT2D eigenvalue weighted by Gasteiger charge is 2.43. The van der Waals surface area contributed by atoms with E-state index in [4.69, 9.17) is 4.74 Å². The fourth-order valence-electron chi connectivity index (χ4n) is 2.38. The number of nitriles is 1. The first-order chi connectivity index (χ1) is 11.8. The Bertz CT molecular complexity index is 753. The van der Waals surface area contributed by atoms with Crippen LogP contribution in [0.25, 0.3) is 0 Å². The Morgan fingerprint density at radius 2 is 2.16 bits per heavy atom. The number of nitrogens with zero attached hydrogens (tertiary/aromatic N) is 2. The third kappa shape index (κ3) is 4.23. The molecule has 1 saturated carbocycles. The van der Waals surface area contributed by atoms with Crippen LogP contribution < -0.4 is 10.1 Å². The van der Waals surface area contributed by atoms with Crippen LogP contribution in [0.1, 0.15) is 30.1 Å². The predicted molar refractivity (Wildman–Crippen MR) is 84.8 cm³/mol. The zero-order valence-electron chi connectivity index (χ0n) is 13.8. The van der Waals surface area contributed by atoms with E-state index >= 15 is 0 Å². The van der Waals surface area contributed by atoms with Gasteiger partial charge in [-0.25, -0.2) is 4.79 Å². The van der Waals surface area contributed by atoms with Gasteiger partial charge in [0.15, 0.2) is 12.4 Å². The van der Waals surface area contributed by atoms with Crippen LogP contribution in [-0.4, -0.2) is 36.1 Å². The molecule has 0 aromatic heterocycles. The molecule has 1 fully saturated rings. The molecule has 9 heteroatoms. The second kappa shape index (κ2) is 7.17. The van der Waals surface area contributed by atoms with Crippen LogP contribution in [0.4, 0.5) is 5.69 Å². The van der Waals surface area contributed by atoms with Crippen LogP contribution in [0, 0.1) is 27.4 Å². The predicted octanol–water partition coefficient (Wildman–Crippen LogP) is 1.57. The number of benzene rings is 1. The standard InChI is InChI=1S/C16H17N3O6/c1-16(9-17,11-4-5-11)18-14(20)8-25-13-6-3-10(15(21)24-2)7-12(13)19(22)23/h3,6-7,11H,4-5,8H2,1-2H3,(H,18,20)/t16-/m0/s1. The highest BCUT2D eigenvalue weighted by atomic mass is 16.6. The van der Waals surface area contributed by atoms with Crippen LogP contribution in [0.15, 0.2) is 18.2 Å². The van der Waals surface area contributed by atoms with E-state index in [-0.39, 0.29) is 17.2 Å². The average molecular weight is 347 g/mol. The fourth-order valence-corrected chi connectivity index (χ4v) is 2.38. The number of methoxy groups -OCH3 is 1. The van der Waals surface area contributed by atoms with Gasteiger partial charge in [-0.05, 0) is 37.8 Å². The van der Waals surface area contributed by atoms with Crippen molar-refractivity contribution in [3.05, 3.63) is 33.9 Å².